The highest BCUT2D eigenvalue weighted by molar-refractivity contribution is 7.06. The van der Waals surface area contributed by atoms with Crippen molar-refractivity contribution in [3.8, 4) is 5.88 Å². The topological polar surface area (TPSA) is 85.4 Å². The van der Waals surface area contributed by atoms with E-state index in [9.17, 15) is 4.79 Å². The minimum atomic E-state index is -1.29. The number of hydrogen-bond donors (Lipinski definition) is 2. The molecular weight excluding hydrogens is 180 g/mol. The Morgan fingerprint density at radius 3 is 3.00 bits per heavy atom. The lowest BCUT2D eigenvalue weighted by molar-refractivity contribution is -0.126. The van der Waals surface area contributed by atoms with E-state index in [1.165, 1.54) is 13.2 Å². The highest BCUT2D eigenvalue weighted by Gasteiger charge is 2.17. The Kier molecular flexibility index (Phi) is 2.61. The number of rotatable bonds is 3. The highest BCUT2D eigenvalue weighted by Crippen LogP contribution is 2.22. The number of nitrogens with zero attached hydrogens (tertiary/aromatic N) is 1. The summed E-state index contributed by atoms with van der Waals surface area (Å²) in [6, 6.07) is 1.47. The molecule has 0 aromatic carbocycles. The van der Waals surface area contributed by atoms with Crippen LogP contribution in [0.5, 0.6) is 5.88 Å². The van der Waals surface area contributed by atoms with Crippen LogP contribution >= 0.6 is 11.5 Å². The lowest BCUT2D eigenvalue weighted by Gasteiger charge is -1.99. The molecule has 1 aromatic heterocycles. The van der Waals surface area contributed by atoms with Gasteiger partial charge in [-0.15, -0.1) is 0 Å². The van der Waals surface area contributed by atoms with Crippen molar-refractivity contribution in [2.24, 2.45) is 5.73 Å². The zero-order valence-electron chi connectivity index (χ0n) is 6.35. The third-order valence-electron chi connectivity index (χ3n) is 1.25. The second-order valence-electron chi connectivity index (χ2n) is 2.08. The third-order valence-corrected chi connectivity index (χ3v) is 2.08. The maximum absolute atomic E-state index is 10.5. The van der Waals surface area contributed by atoms with Crippen LogP contribution in [0.2, 0.25) is 0 Å². The lowest BCUT2D eigenvalue weighted by Crippen LogP contribution is -2.19. The van der Waals surface area contributed by atoms with Crippen molar-refractivity contribution in [2.45, 2.75) is 6.10 Å². The summed E-state index contributed by atoms with van der Waals surface area (Å²) in [5.74, 6) is -0.420. The molecule has 6 heteroatoms. The van der Waals surface area contributed by atoms with Crippen molar-refractivity contribution in [3.05, 3.63) is 10.9 Å². The van der Waals surface area contributed by atoms with Gasteiger partial charge in [0.1, 0.15) is 0 Å². The predicted octanol–water partition coefficient (Wildman–Crippen LogP) is -0.330. The fraction of sp³-hybridized carbons (Fsp3) is 0.333. The molecule has 0 spiro atoms. The summed E-state index contributed by atoms with van der Waals surface area (Å²) in [4.78, 5) is 10.9. The summed E-state index contributed by atoms with van der Waals surface area (Å²) < 4.78 is 8.55. The molecule has 66 valence electrons. The highest BCUT2D eigenvalue weighted by atomic mass is 32.1. The smallest absolute Gasteiger partial charge is 0.251 e. The summed E-state index contributed by atoms with van der Waals surface area (Å²) in [5, 5.41) is 9.15. The first-order valence-corrected chi connectivity index (χ1v) is 3.90. The summed E-state index contributed by atoms with van der Waals surface area (Å²) >= 11 is 0.985. The van der Waals surface area contributed by atoms with Crippen LogP contribution < -0.4 is 10.5 Å². The normalized spacial score (nSPS) is 12.5. The Bertz CT molecular complexity index is 286. The lowest BCUT2D eigenvalue weighted by atomic mass is 10.3. The monoisotopic (exact) mass is 188 g/mol. The second-order valence-corrected chi connectivity index (χ2v) is 2.91. The molecule has 5 nitrogen and oxygen atoms in total. The number of nitrogens with two attached hydrogens (primary N) is 1. The number of methoxy groups -OCH3 is 1. The third kappa shape index (κ3) is 1.72. The number of aliphatic hydroxyl groups excluding tert-OH is 1. The molecule has 1 atom stereocenters. The molecule has 1 unspecified atom stereocenters. The van der Waals surface area contributed by atoms with Crippen LogP contribution in [0.4, 0.5) is 0 Å². The molecule has 0 aliphatic carbocycles. The van der Waals surface area contributed by atoms with Gasteiger partial charge in [0.2, 0.25) is 5.88 Å². The Morgan fingerprint density at radius 1 is 1.92 bits per heavy atom. The van der Waals surface area contributed by atoms with Gasteiger partial charge in [0, 0.05) is 6.07 Å². The second kappa shape index (κ2) is 3.51. The first-order chi connectivity index (χ1) is 5.65. The molecule has 1 amide bonds. The Hall–Kier alpha value is -1.14. The van der Waals surface area contributed by atoms with Gasteiger partial charge in [0.05, 0.1) is 12.0 Å². The van der Waals surface area contributed by atoms with Crippen LogP contribution in [0.1, 0.15) is 11.0 Å². The van der Waals surface area contributed by atoms with Gasteiger partial charge in [0.15, 0.2) is 6.10 Å². The fourth-order valence-corrected chi connectivity index (χ4v) is 1.33. The number of aromatic nitrogens is 1. The molecule has 0 saturated heterocycles. The molecule has 1 aromatic rings. The van der Waals surface area contributed by atoms with Gasteiger partial charge in [-0.05, 0) is 11.5 Å². The van der Waals surface area contributed by atoms with Crippen molar-refractivity contribution >= 4 is 17.4 Å². The zero-order valence-corrected chi connectivity index (χ0v) is 7.17. The van der Waals surface area contributed by atoms with E-state index in [0.717, 1.165) is 11.5 Å². The van der Waals surface area contributed by atoms with Crippen LogP contribution in [-0.2, 0) is 4.79 Å². The van der Waals surface area contributed by atoms with Crippen LogP contribution in [0, 0.1) is 0 Å². The molecule has 0 saturated carbocycles. The van der Waals surface area contributed by atoms with Crippen molar-refractivity contribution < 1.29 is 14.6 Å². The van der Waals surface area contributed by atoms with Crippen molar-refractivity contribution in [3.63, 3.8) is 0 Å². The van der Waals surface area contributed by atoms with E-state index in [0.29, 0.717) is 10.8 Å². The Morgan fingerprint density at radius 2 is 2.58 bits per heavy atom. The summed E-state index contributed by atoms with van der Waals surface area (Å²) in [6.45, 7) is 0. The fourth-order valence-electron chi connectivity index (χ4n) is 0.637. The van der Waals surface area contributed by atoms with Crippen LogP contribution in [0.3, 0.4) is 0 Å². The molecule has 0 fully saturated rings. The number of aliphatic hydroxyl groups is 1. The number of carbonyl (C=O) groups is 1. The minimum absolute atomic E-state index is 0.371. The van der Waals surface area contributed by atoms with Gasteiger partial charge in [0.25, 0.3) is 5.91 Å². The Balaban J connectivity index is 2.81. The van der Waals surface area contributed by atoms with Gasteiger partial charge in [-0.25, -0.2) is 0 Å². The van der Waals surface area contributed by atoms with Crippen molar-refractivity contribution in [1.29, 1.82) is 0 Å². The predicted molar refractivity (Wildman–Crippen MR) is 42.8 cm³/mol. The number of amides is 1. The van der Waals surface area contributed by atoms with Gasteiger partial charge >= 0.3 is 0 Å². The first-order valence-electron chi connectivity index (χ1n) is 3.13. The molecule has 1 heterocycles. The van der Waals surface area contributed by atoms with Gasteiger partial charge in [-0.1, -0.05) is 0 Å². The number of primary amides is 1. The van der Waals surface area contributed by atoms with Gasteiger partial charge < -0.3 is 15.6 Å². The van der Waals surface area contributed by atoms with E-state index in [4.69, 9.17) is 15.6 Å². The minimum Gasteiger partial charge on any atom is -0.480 e. The average Bonchev–Trinajstić information content (AvgIpc) is 2.50. The molecule has 3 N–H and O–H groups in total. The quantitative estimate of drug-likeness (QED) is 0.680. The summed E-state index contributed by atoms with van der Waals surface area (Å²) in [6.07, 6.45) is -1.29. The molecule has 0 aliphatic rings. The largest absolute Gasteiger partial charge is 0.480 e. The summed E-state index contributed by atoms with van der Waals surface area (Å²) in [7, 11) is 1.45. The number of hydrogen-bond acceptors (Lipinski definition) is 5. The van der Waals surface area contributed by atoms with E-state index in [1.54, 1.807) is 0 Å². The molecule has 1 rings (SSSR count). The van der Waals surface area contributed by atoms with E-state index in [1.807, 2.05) is 0 Å². The van der Waals surface area contributed by atoms with Gasteiger partial charge in [-0.3, -0.25) is 4.79 Å². The van der Waals surface area contributed by atoms with Crippen LogP contribution in [0.15, 0.2) is 6.07 Å². The molecule has 0 bridgehead atoms. The Labute approximate surface area is 72.9 Å². The summed E-state index contributed by atoms with van der Waals surface area (Å²) in [5.41, 5.74) is 4.87. The SMILES string of the molecule is COc1cc(C(O)C(N)=O)sn1. The van der Waals surface area contributed by atoms with Crippen LogP contribution in [0.25, 0.3) is 0 Å². The molecule has 12 heavy (non-hydrogen) atoms. The van der Waals surface area contributed by atoms with Crippen molar-refractivity contribution in [2.75, 3.05) is 7.11 Å². The average molecular weight is 188 g/mol. The van der Waals surface area contributed by atoms with E-state index in [-0.39, 0.29) is 0 Å². The van der Waals surface area contributed by atoms with E-state index < -0.39 is 12.0 Å². The van der Waals surface area contributed by atoms with Crippen molar-refractivity contribution in [1.82, 2.24) is 4.37 Å². The van der Waals surface area contributed by atoms with E-state index >= 15 is 0 Å². The van der Waals surface area contributed by atoms with Gasteiger partial charge in [-0.2, -0.15) is 4.37 Å². The molecule has 0 radical (unpaired) electrons. The first kappa shape index (κ1) is 8.95. The maximum Gasteiger partial charge on any atom is 0.251 e. The molecular formula is C6H8N2O3S. The molecule has 0 aliphatic heterocycles. The number of ether oxygens (including phenoxy) is 1. The number of carbonyl (C=O) groups excluding carboxylic acids is 1. The zero-order chi connectivity index (χ0) is 9.14. The standard InChI is InChI=1S/C6H8N2O3S/c1-11-4-2-3(12-8-4)5(9)6(7)10/h2,5,9H,1H3,(H2,7,10). The van der Waals surface area contributed by atoms with Crippen LogP contribution in [-0.4, -0.2) is 22.5 Å². The maximum atomic E-state index is 10.5. The van der Waals surface area contributed by atoms with E-state index in [2.05, 4.69) is 4.37 Å².